The number of aliphatic imine (C=N–C) groups is 1. The molecule has 2 aromatic heterocycles. The second-order valence-corrected chi connectivity index (χ2v) is 5.33. The smallest absolute Gasteiger partial charge is 0.239 e. The first-order chi connectivity index (χ1) is 12.1. The molecule has 7 heteroatoms. The molecule has 3 rings (SSSR count). The van der Waals surface area contributed by atoms with Gasteiger partial charge in [-0.15, -0.1) is 0 Å². The number of hydrogen-bond acceptors (Lipinski definition) is 5. The second-order valence-electron chi connectivity index (χ2n) is 5.33. The Morgan fingerprint density at radius 1 is 1.32 bits per heavy atom. The van der Waals surface area contributed by atoms with E-state index in [2.05, 4.69) is 20.4 Å². The van der Waals surface area contributed by atoms with Crippen LogP contribution in [0.1, 0.15) is 17.4 Å². The predicted molar refractivity (Wildman–Crippen MR) is 91.4 cm³/mol. The van der Waals surface area contributed by atoms with Gasteiger partial charge in [0.05, 0.1) is 11.9 Å². The Balaban J connectivity index is 1.84. The summed E-state index contributed by atoms with van der Waals surface area (Å²) in [5.41, 5.74) is 1.53. The van der Waals surface area contributed by atoms with Crippen molar-refractivity contribution in [2.45, 2.75) is 12.8 Å². The predicted octanol–water partition coefficient (Wildman–Crippen LogP) is 3.64. The molecule has 0 aliphatic heterocycles. The topological polar surface area (TPSA) is 80.4 Å². The maximum Gasteiger partial charge on any atom is 0.239 e. The van der Waals surface area contributed by atoms with Gasteiger partial charge in [-0.1, -0.05) is 5.16 Å². The molecule has 0 fully saturated rings. The van der Waals surface area contributed by atoms with Crippen molar-refractivity contribution in [2.24, 2.45) is 4.99 Å². The first-order valence-corrected chi connectivity index (χ1v) is 7.56. The highest BCUT2D eigenvalue weighted by Crippen LogP contribution is 2.19. The molecular weight excluding hydrogens is 323 g/mol. The van der Waals surface area contributed by atoms with E-state index in [0.29, 0.717) is 22.8 Å². The summed E-state index contributed by atoms with van der Waals surface area (Å²) in [4.78, 5) is 20.9. The lowest BCUT2D eigenvalue weighted by atomic mass is 10.1. The van der Waals surface area contributed by atoms with Gasteiger partial charge in [-0.25, -0.2) is 4.39 Å². The molecule has 25 heavy (non-hydrogen) atoms. The standard InChI is InChI=1S/C18H15FN4O2/c1-12-9-17(23-25-12)16(11-21-15-3-2-8-20-10-15)18(24)22-14-6-4-13(19)5-7-14/h2-11,16H,1H3,(H,22,24). The van der Waals surface area contributed by atoms with E-state index in [1.807, 2.05) is 0 Å². The van der Waals surface area contributed by atoms with Crippen molar-refractivity contribution in [1.29, 1.82) is 0 Å². The van der Waals surface area contributed by atoms with E-state index in [9.17, 15) is 9.18 Å². The van der Waals surface area contributed by atoms with Crippen LogP contribution < -0.4 is 5.32 Å². The Morgan fingerprint density at radius 2 is 2.12 bits per heavy atom. The molecule has 126 valence electrons. The zero-order valence-corrected chi connectivity index (χ0v) is 13.4. The lowest BCUT2D eigenvalue weighted by Gasteiger charge is -2.10. The lowest BCUT2D eigenvalue weighted by Crippen LogP contribution is -2.22. The summed E-state index contributed by atoms with van der Waals surface area (Å²) in [7, 11) is 0. The van der Waals surface area contributed by atoms with Crippen molar-refractivity contribution in [3.63, 3.8) is 0 Å². The third-order valence-corrected chi connectivity index (χ3v) is 3.38. The molecule has 0 spiro atoms. The molecule has 6 nitrogen and oxygen atoms in total. The first-order valence-electron chi connectivity index (χ1n) is 7.56. The van der Waals surface area contributed by atoms with E-state index in [1.54, 1.807) is 37.5 Å². The molecule has 1 N–H and O–H groups in total. The molecule has 3 aromatic rings. The quantitative estimate of drug-likeness (QED) is 0.720. The van der Waals surface area contributed by atoms with Gasteiger partial charge in [0.15, 0.2) is 0 Å². The summed E-state index contributed by atoms with van der Waals surface area (Å²) in [6.07, 6.45) is 4.70. The molecule has 0 aliphatic rings. The Bertz CT molecular complexity index is 876. The van der Waals surface area contributed by atoms with E-state index in [4.69, 9.17) is 4.52 Å². The van der Waals surface area contributed by atoms with Crippen LogP contribution in [0.25, 0.3) is 0 Å². The number of aryl methyl sites for hydroxylation is 1. The lowest BCUT2D eigenvalue weighted by molar-refractivity contribution is -0.116. The van der Waals surface area contributed by atoms with Gasteiger partial charge in [-0.2, -0.15) is 0 Å². The van der Waals surface area contributed by atoms with Crippen LogP contribution >= 0.6 is 0 Å². The highest BCUT2D eigenvalue weighted by Gasteiger charge is 2.22. The average molecular weight is 338 g/mol. The number of aromatic nitrogens is 2. The Hall–Kier alpha value is -3.35. The van der Waals surface area contributed by atoms with Gasteiger partial charge in [0.25, 0.3) is 0 Å². The largest absolute Gasteiger partial charge is 0.361 e. The number of carbonyl (C=O) groups excluding carboxylic acids is 1. The Morgan fingerprint density at radius 3 is 2.76 bits per heavy atom. The fourth-order valence-corrected chi connectivity index (χ4v) is 2.15. The van der Waals surface area contributed by atoms with Crippen molar-refractivity contribution in [3.8, 4) is 0 Å². The highest BCUT2D eigenvalue weighted by molar-refractivity contribution is 6.06. The number of halogens is 1. The molecule has 2 heterocycles. The van der Waals surface area contributed by atoms with E-state index in [1.165, 1.54) is 30.5 Å². The van der Waals surface area contributed by atoms with E-state index < -0.39 is 5.92 Å². The Kier molecular flexibility index (Phi) is 4.94. The summed E-state index contributed by atoms with van der Waals surface area (Å²) in [6, 6.07) is 10.7. The SMILES string of the molecule is Cc1cc(C(C=Nc2cccnc2)C(=O)Nc2ccc(F)cc2)no1. The zero-order chi connectivity index (χ0) is 17.6. The van der Waals surface area contributed by atoms with Crippen molar-refractivity contribution in [2.75, 3.05) is 5.32 Å². The monoisotopic (exact) mass is 338 g/mol. The fraction of sp³-hybridized carbons (Fsp3) is 0.111. The molecular formula is C18H15FN4O2. The molecule has 0 aliphatic carbocycles. The summed E-state index contributed by atoms with van der Waals surface area (Å²) >= 11 is 0. The minimum atomic E-state index is -0.761. The van der Waals surface area contributed by atoms with E-state index in [0.717, 1.165) is 0 Å². The maximum atomic E-state index is 13.0. The van der Waals surface area contributed by atoms with Crippen LogP contribution in [0.15, 0.2) is 64.4 Å². The maximum absolute atomic E-state index is 13.0. The zero-order valence-electron chi connectivity index (χ0n) is 13.4. The number of rotatable bonds is 5. The van der Waals surface area contributed by atoms with Crippen LogP contribution in [-0.4, -0.2) is 22.3 Å². The number of nitrogens with zero attached hydrogens (tertiary/aromatic N) is 3. The second kappa shape index (κ2) is 7.48. The van der Waals surface area contributed by atoms with Gasteiger partial charge >= 0.3 is 0 Å². The van der Waals surface area contributed by atoms with E-state index >= 15 is 0 Å². The number of carbonyl (C=O) groups is 1. The van der Waals surface area contributed by atoms with Gasteiger partial charge in [0, 0.05) is 24.2 Å². The van der Waals surface area contributed by atoms with Gasteiger partial charge < -0.3 is 9.84 Å². The highest BCUT2D eigenvalue weighted by atomic mass is 19.1. The van der Waals surface area contributed by atoms with Crippen LogP contribution in [0.2, 0.25) is 0 Å². The number of benzene rings is 1. The minimum Gasteiger partial charge on any atom is -0.361 e. The van der Waals surface area contributed by atoms with Crippen LogP contribution in [0.4, 0.5) is 15.8 Å². The van der Waals surface area contributed by atoms with Gasteiger partial charge in [0.2, 0.25) is 5.91 Å². The fourth-order valence-electron chi connectivity index (χ4n) is 2.15. The number of hydrogen-bond donors (Lipinski definition) is 1. The van der Waals surface area contributed by atoms with Crippen molar-refractivity contribution >= 4 is 23.5 Å². The number of amides is 1. The molecule has 0 bridgehead atoms. The summed E-state index contributed by atoms with van der Waals surface area (Å²) < 4.78 is 18.1. The molecule has 1 amide bonds. The number of pyridine rings is 1. The van der Waals surface area contributed by atoms with Crippen LogP contribution in [0, 0.1) is 12.7 Å². The van der Waals surface area contributed by atoms with Crippen molar-refractivity contribution in [1.82, 2.24) is 10.1 Å². The third kappa shape index (κ3) is 4.35. The molecule has 0 saturated heterocycles. The normalized spacial score (nSPS) is 12.2. The van der Waals surface area contributed by atoms with Crippen molar-refractivity contribution < 1.29 is 13.7 Å². The molecule has 0 radical (unpaired) electrons. The third-order valence-electron chi connectivity index (χ3n) is 3.38. The summed E-state index contributed by atoms with van der Waals surface area (Å²) in [6.45, 7) is 1.74. The van der Waals surface area contributed by atoms with Crippen molar-refractivity contribution in [3.05, 3.63) is 72.1 Å². The van der Waals surface area contributed by atoms with Crippen LogP contribution in [0.3, 0.4) is 0 Å². The van der Waals surface area contributed by atoms with Gasteiger partial charge in [-0.3, -0.25) is 14.8 Å². The number of anilines is 1. The number of nitrogens with one attached hydrogen (secondary N) is 1. The summed E-state index contributed by atoms with van der Waals surface area (Å²) in [5, 5.41) is 6.62. The molecule has 1 atom stereocenters. The molecule has 0 saturated carbocycles. The first kappa shape index (κ1) is 16.5. The Labute approximate surface area is 143 Å². The summed E-state index contributed by atoms with van der Waals surface area (Å²) in [5.74, 6) is -0.903. The van der Waals surface area contributed by atoms with Gasteiger partial charge in [-0.05, 0) is 43.3 Å². The molecule has 1 aromatic carbocycles. The van der Waals surface area contributed by atoms with Crippen LogP contribution in [-0.2, 0) is 4.79 Å². The van der Waals surface area contributed by atoms with Gasteiger partial charge in [0.1, 0.15) is 23.2 Å². The van der Waals surface area contributed by atoms with E-state index in [-0.39, 0.29) is 11.7 Å². The van der Waals surface area contributed by atoms with Crippen LogP contribution in [0.5, 0.6) is 0 Å². The average Bonchev–Trinajstić information content (AvgIpc) is 3.04. The molecule has 1 unspecified atom stereocenters. The minimum absolute atomic E-state index is 0.354.